The number of aromatic nitrogens is 1. The number of carbonyl (C=O) groups excluding carboxylic acids is 1. The minimum Gasteiger partial charge on any atom is -0.378 e. The second-order valence-corrected chi connectivity index (χ2v) is 5.13. The minimum absolute atomic E-state index is 0.153. The lowest BCUT2D eigenvalue weighted by molar-refractivity contribution is -0.129. The normalized spacial score (nSPS) is 18.5. The van der Waals surface area contributed by atoms with Crippen molar-refractivity contribution in [2.75, 3.05) is 20.2 Å². The Morgan fingerprint density at radius 3 is 3.16 bits per heavy atom. The summed E-state index contributed by atoms with van der Waals surface area (Å²) in [5.41, 5.74) is 0.971. The Morgan fingerprint density at radius 1 is 1.58 bits per heavy atom. The fraction of sp³-hybridized carbons (Fsp3) is 0.600. The Labute approximate surface area is 114 Å². The Hall–Kier alpha value is -1.42. The number of carbonyl (C=O) groups is 1. The number of pyridine rings is 1. The van der Waals surface area contributed by atoms with Gasteiger partial charge in [-0.05, 0) is 37.3 Å². The third-order valence-corrected chi connectivity index (χ3v) is 3.55. The van der Waals surface area contributed by atoms with E-state index >= 15 is 0 Å². The summed E-state index contributed by atoms with van der Waals surface area (Å²) in [7, 11) is 1.87. The van der Waals surface area contributed by atoms with Crippen molar-refractivity contribution in [2.45, 2.75) is 38.2 Å². The number of nitrogens with zero attached hydrogens (tertiary/aromatic N) is 2. The summed E-state index contributed by atoms with van der Waals surface area (Å²) in [6.45, 7) is 1.71. The van der Waals surface area contributed by atoms with Crippen molar-refractivity contribution >= 4 is 5.91 Å². The Bertz CT molecular complexity index is 388. The average molecular weight is 262 g/mol. The highest BCUT2D eigenvalue weighted by Crippen LogP contribution is 2.16. The fourth-order valence-corrected chi connectivity index (χ4v) is 2.37. The van der Waals surface area contributed by atoms with E-state index in [9.17, 15) is 4.79 Å². The molecule has 1 aliphatic heterocycles. The third-order valence-electron chi connectivity index (χ3n) is 3.55. The van der Waals surface area contributed by atoms with Gasteiger partial charge in [0.05, 0.1) is 12.5 Å². The van der Waals surface area contributed by atoms with E-state index in [4.69, 9.17) is 4.74 Å². The van der Waals surface area contributed by atoms with Gasteiger partial charge >= 0.3 is 0 Å². The van der Waals surface area contributed by atoms with Crippen LogP contribution in [-0.2, 0) is 16.0 Å². The number of ether oxygens (including phenoxy) is 1. The molecule has 4 nitrogen and oxygen atoms in total. The molecule has 0 saturated carbocycles. The van der Waals surface area contributed by atoms with E-state index in [-0.39, 0.29) is 5.91 Å². The van der Waals surface area contributed by atoms with Crippen LogP contribution < -0.4 is 0 Å². The van der Waals surface area contributed by atoms with Crippen molar-refractivity contribution in [2.24, 2.45) is 0 Å². The first-order valence-electron chi connectivity index (χ1n) is 7.00. The highest BCUT2D eigenvalue weighted by Gasteiger charge is 2.16. The third kappa shape index (κ3) is 4.63. The first-order chi connectivity index (χ1) is 9.25. The van der Waals surface area contributed by atoms with Crippen molar-refractivity contribution in [3.8, 4) is 0 Å². The van der Waals surface area contributed by atoms with Crippen LogP contribution in [0.1, 0.15) is 31.2 Å². The van der Waals surface area contributed by atoms with Crippen molar-refractivity contribution in [3.63, 3.8) is 0 Å². The maximum Gasteiger partial charge on any atom is 0.226 e. The largest absolute Gasteiger partial charge is 0.378 e. The molecule has 4 heteroatoms. The number of likely N-dealkylation sites (N-methyl/N-ethyl adjacent to an activating group) is 1. The highest BCUT2D eigenvalue weighted by molar-refractivity contribution is 5.78. The minimum atomic E-state index is 0.153. The van der Waals surface area contributed by atoms with Gasteiger partial charge < -0.3 is 9.64 Å². The molecule has 1 amide bonds. The first kappa shape index (κ1) is 14.0. The zero-order valence-corrected chi connectivity index (χ0v) is 11.5. The van der Waals surface area contributed by atoms with Gasteiger partial charge in [0.1, 0.15) is 0 Å². The second-order valence-electron chi connectivity index (χ2n) is 5.13. The van der Waals surface area contributed by atoms with Crippen molar-refractivity contribution < 1.29 is 9.53 Å². The van der Waals surface area contributed by atoms with Gasteiger partial charge in [-0.15, -0.1) is 0 Å². The predicted octanol–water partition coefficient (Wildman–Crippen LogP) is 2.04. The maximum absolute atomic E-state index is 12.0. The molecule has 0 bridgehead atoms. The molecule has 104 valence electrons. The summed E-state index contributed by atoms with van der Waals surface area (Å²) in [5, 5.41) is 0. The summed E-state index contributed by atoms with van der Waals surface area (Å²) in [6, 6.07) is 3.80. The summed E-state index contributed by atoms with van der Waals surface area (Å²) in [5.74, 6) is 0.153. The van der Waals surface area contributed by atoms with Crippen LogP contribution in [0.15, 0.2) is 24.5 Å². The van der Waals surface area contributed by atoms with E-state index in [1.807, 2.05) is 24.1 Å². The van der Waals surface area contributed by atoms with Gasteiger partial charge in [-0.1, -0.05) is 6.07 Å². The highest BCUT2D eigenvalue weighted by atomic mass is 16.5. The van der Waals surface area contributed by atoms with E-state index in [1.54, 1.807) is 12.4 Å². The molecule has 1 aromatic heterocycles. The molecule has 1 aliphatic rings. The predicted molar refractivity (Wildman–Crippen MR) is 73.8 cm³/mol. The van der Waals surface area contributed by atoms with Crippen LogP contribution >= 0.6 is 0 Å². The summed E-state index contributed by atoms with van der Waals surface area (Å²) < 4.78 is 5.58. The molecule has 0 spiro atoms. The van der Waals surface area contributed by atoms with Gasteiger partial charge in [0.15, 0.2) is 0 Å². The molecule has 0 aliphatic carbocycles. The van der Waals surface area contributed by atoms with Crippen molar-refractivity contribution in [1.29, 1.82) is 0 Å². The average Bonchev–Trinajstić information content (AvgIpc) is 2.93. The molecule has 1 atom stereocenters. The topological polar surface area (TPSA) is 42.4 Å². The second kappa shape index (κ2) is 7.24. The summed E-state index contributed by atoms with van der Waals surface area (Å²) in [6.07, 6.45) is 8.75. The van der Waals surface area contributed by atoms with Gasteiger partial charge in [0.2, 0.25) is 5.91 Å². The number of hydrogen-bond donors (Lipinski definition) is 0. The molecule has 0 radical (unpaired) electrons. The molecule has 1 saturated heterocycles. The summed E-state index contributed by atoms with van der Waals surface area (Å²) in [4.78, 5) is 17.8. The van der Waals surface area contributed by atoms with Crippen LogP contribution in [0.4, 0.5) is 0 Å². The van der Waals surface area contributed by atoms with E-state index < -0.39 is 0 Å². The van der Waals surface area contributed by atoms with Crippen molar-refractivity contribution in [3.05, 3.63) is 30.1 Å². The molecule has 1 aromatic rings. The lowest BCUT2D eigenvalue weighted by Crippen LogP contribution is -2.29. The van der Waals surface area contributed by atoms with E-state index in [0.29, 0.717) is 12.5 Å². The Balaban J connectivity index is 1.67. The maximum atomic E-state index is 12.0. The summed E-state index contributed by atoms with van der Waals surface area (Å²) >= 11 is 0. The van der Waals surface area contributed by atoms with Gasteiger partial charge in [-0.25, -0.2) is 0 Å². The zero-order chi connectivity index (χ0) is 13.5. The molecular weight excluding hydrogens is 240 g/mol. The SMILES string of the molecule is CN(CCC[C@@H]1CCCO1)C(=O)Cc1cccnc1. The standard InChI is InChI=1S/C15H22N2O2/c1-17(9-3-6-14-7-4-10-19-14)15(18)11-13-5-2-8-16-12-13/h2,5,8,12,14H,3-4,6-7,9-11H2,1H3/t14-/m1/s1. The number of amides is 1. The van der Waals surface area contributed by atoms with Crippen LogP contribution in [0.25, 0.3) is 0 Å². The van der Waals surface area contributed by atoms with Crippen LogP contribution in [-0.4, -0.2) is 42.1 Å². The molecule has 0 unspecified atom stereocenters. The van der Waals surface area contributed by atoms with Crippen LogP contribution in [0.3, 0.4) is 0 Å². The number of hydrogen-bond acceptors (Lipinski definition) is 3. The molecular formula is C15H22N2O2. The fourth-order valence-electron chi connectivity index (χ4n) is 2.37. The molecule has 1 fully saturated rings. The molecule has 2 rings (SSSR count). The number of rotatable bonds is 6. The van der Waals surface area contributed by atoms with Gasteiger partial charge in [-0.2, -0.15) is 0 Å². The Morgan fingerprint density at radius 2 is 2.47 bits per heavy atom. The first-order valence-corrected chi connectivity index (χ1v) is 7.00. The van der Waals surface area contributed by atoms with Gasteiger partial charge in [-0.3, -0.25) is 9.78 Å². The van der Waals surface area contributed by atoms with Crippen molar-refractivity contribution in [1.82, 2.24) is 9.88 Å². The lowest BCUT2D eigenvalue weighted by atomic mass is 10.1. The van der Waals surface area contributed by atoms with E-state index in [2.05, 4.69) is 4.98 Å². The smallest absolute Gasteiger partial charge is 0.226 e. The van der Waals surface area contributed by atoms with Gasteiger partial charge in [0, 0.05) is 32.6 Å². The molecule has 0 N–H and O–H groups in total. The van der Waals surface area contributed by atoms with Crippen LogP contribution in [0, 0.1) is 0 Å². The quantitative estimate of drug-likeness (QED) is 0.788. The van der Waals surface area contributed by atoms with Crippen LogP contribution in [0.2, 0.25) is 0 Å². The molecule has 2 heterocycles. The zero-order valence-electron chi connectivity index (χ0n) is 11.5. The van der Waals surface area contributed by atoms with E-state index in [0.717, 1.165) is 31.6 Å². The molecule has 0 aromatic carbocycles. The van der Waals surface area contributed by atoms with E-state index in [1.165, 1.54) is 12.8 Å². The monoisotopic (exact) mass is 262 g/mol. The van der Waals surface area contributed by atoms with Gasteiger partial charge in [0.25, 0.3) is 0 Å². The Kier molecular flexibility index (Phi) is 5.33. The lowest BCUT2D eigenvalue weighted by Gasteiger charge is -2.18. The molecule has 19 heavy (non-hydrogen) atoms. The van der Waals surface area contributed by atoms with Crippen LogP contribution in [0.5, 0.6) is 0 Å².